The number of anilines is 1. The van der Waals surface area contributed by atoms with Crippen LogP contribution >= 0.6 is 11.3 Å². The summed E-state index contributed by atoms with van der Waals surface area (Å²) < 4.78 is 1.09. The third-order valence-electron chi connectivity index (χ3n) is 7.37. The molecule has 2 aliphatic heterocycles. The van der Waals surface area contributed by atoms with E-state index in [0.29, 0.717) is 6.54 Å². The number of hydrogen-bond donors (Lipinski definition) is 3. The van der Waals surface area contributed by atoms with Crippen LogP contribution in [0.3, 0.4) is 0 Å². The average Bonchev–Trinajstić information content (AvgIpc) is 3.22. The molecule has 0 saturated carbocycles. The number of piperidine rings is 1. The number of allylic oxidation sites excluding steroid dienone is 1. The predicted molar refractivity (Wildman–Crippen MR) is 150 cm³/mol. The number of primary amides is 1. The molecule has 1 fully saturated rings. The highest BCUT2D eigenvalue weighted by Gasteiger charge is 2.34. The second-order valence-corrected chi connectivity index (χ2v) is 11.4. The second-order valence-electron chi connectivity index (χ2n) is 10.4. The average molecular weight is 549 g/mol. The highest BCUT2D eigenvalue weighted by Crippen LogP contribution is 2.37. The van der Waals surface area contributed by atoms with E-state index in [-0.39, 0.29) is 23.2 Å². The third-order valence-corrected chi connectivity index (χ3v) is 8.48. The number of carbonyl (C=O) groups is 3. The lowest BCUT2D eigenvalue weighted by Crippen LogP contribution is -2.46. The number of likely N-dealkylation sites (tertiary alicyclic amines) is 1. The number of benzene rings is 1. The van der Waals surface area contributed by atoms with Crippen LogP contribution in [0.25, 0.3) is 15.8 Å². The minimum Gasteiger partial charge on any atom is -0.493 e. The van der Waals surface area contributed by atoms with E-state index < -0.39 is 23.6 Å². The summed E-state index contributed by atoms with van der Waals surface area (Å²) in [6, 6.07) is 7.06. The fourth-order valence-electron chi connectivity index (χ4n) is 5.23. The number of thiazole rings is 1. The topological polar surface area (TPSA) is 142 Å². The van der Waals surface area contributed by atoms with Gasteiger partial charge in [-0.2, -0.15) is 0 Å². The van der Waals surface area contributed by atoms with Gasteiger partial charge in [-0.15, -0.1) is 11.3 Å². The molecule has 2 atom stereocenters. The van der Waals surface area contributed by atoms with Crippen molar-refractivity contribution in [3.05, 3.63) is 52.7 Å². The maximum absolute atomic E-state index is 13.4. The van der Waals surface area contributed by atoms with Gasteiger partial charge in [0.2, 0.25) is 5.88 Å². The van der Waals surface area contributed by atoms with Crippen LogP contribution in [0.4, 0.5) is 5.69 Å². The second kappa shape index (κ2) is 11.1. The van der Waals surface area contributed by atoms with Crippen LogP contribution in [-0.2, 0) is 9.59 Å². The summed E-state index contributed by atoms with van der Waals surface area (Å²) >= 11 is 1.69. The summed E-state index contributed by atoms with van der Waals surface area (Å²) in [5.41, 5.74) is 8.23. The fraction of sp³-hybridized carbons (Fsp3) is 0.393. The van der Waals surface area contributed by atoms with Gasteiger partial charge in [0, 0.05) is 13.1 Å². The molecule has 0 aliphatic carbocycles. The van der Waals surface area contributed by atoms with Crippen molar-refractivity contribution >= 4 is 50.5 Å². The van der Waals surface area contributed by atoms with Gasteiger partial charge in [0.1, 0.15) is 10.6 Å². The summed E-state index contributed by atoms with van der Waals surface area (Å²) in [5, 5.41) is 13.2. The summed E-state index contributed by atoms with van der Waals surface area (Å²) in [7, 11) is 2.13. The number of aromatic hydroxyl groups is 1. The van der Waals surface area contributed by atoms with Gasteiger partial charge in [-0.05, 0) is 74.5 Å². The van der Waals surface area contributed by atoms with Crippen LogP contribution in [0.2, 0.25) is 0 Å². The van der Waals surface area contributed by atoms with Crippen molar-refractivity contribution in [3.8, 4) is 5.88 Å². The van der Waals surface area contributed by atoms with Crippen LogP contribution in [0.1, 0.15) is 59.6 Å². The molecular weight excluding hydrogens is 516 g/mol. The molecule has 10 nitrogen and oxygen atoms in total. The van der Waals surface area contributed by atoms with Gasteiger partial charge in [0.25, 0.3) is 5.91 Å². The molecule has 0 unspecified atom stereocenters. The maximum Gasteiger partial charge on any atom is 0.313 e. The van der Waals surface area contributed by atoms with Gasteiger partial charge >= 0.3 is 11.8 Å². The molecule has 39 heavy (non-hydrogen) atoms. The molecule has 4 N–H and O–H groups in total. The summed E-state index contributed by atoms with van der Waals surface area (Å²) in [6.45, 7) is 4.49. The van der Waals surface area contributed by atoms with Gasteiger partial charge in [0.05, 0.1) is 28.1 Å². The number of pyridine rings is 1. The maximum atomic E-state index is 13.4. The number of carbonyl (C=O) groups excluding carboxylic acids is 3. The Kier molecular flexibility index (Phi) is 7.62. The Morgan fingerprint density at radius 2 is 2.03 bits per heavy atom. The number of nitrogens with two attached hydrogens (primary N) is 1. The van der Waals surface area contributed by atoms with Gasteiger partial charge < -0.3 is 26.0 Å². The van der Waals surface area contributed by atoms with Crippen molar-refractivity contribution in [3.63, 3.8) is 0 Å². The van der Waals surface area contributed by atoms with Crippen LogP contribution in [-0.4, -0.2) is 69.3 Å². The van der Waals surface area contributed by atoms with Crippen LogP contribution in [0, 0.1) is 5.92 Å². The Morgan fingerprint density at radius 1 is 1.21 bits per heavy atom. The monoisotopic (exact) mass is 548 g/mol. The molecule has 4 heterocycles. The van der Waals surface area contributed by atoms with E-state index >= 15 is 0 Å². The summed E-state index contributed by atoms with van der Waals surface area (Å²) in [4.78, 5) is 50.4. The van der Waals surface area contributed by atoms with E-state index in [9.17, 15) is 19.5 Å². The Balaban J connectivity index is 1.38. The highest BCUT2D eigenvalue weighted by molar-refractivity contribution is 7.19. The first-order valence-electron chi connectivity index (χ1n) is 13.1. The predicted octanol–water partition coefficient (Wildman–Crippen LogP) is 3.54. The summed E-state index contributed by atoms with van der Waals surface area (Å²) in [6.07, 6.45) is 7.20. The Bertz CT molecular complexity index is 1470. The third kappa shape index (κ3) is 5.79. The van der Waals surface area contributed by atoms with Gasteiger partial charge in [-0.25, -0.2) is 9.97 Å². The molecule has 5 rings (SSSR count). The number of nitrogens with zero attached hydrogens (tertiary/aromatic N) is 4. The fourth-order valence-corrected chi connectivity index (χ4v) is 6.24. The standard InChI is InChI=1S/C28H32N6O4S/c1-16-5-7-22(34(15-16)28(38)26(37)31-19-13-20(24(29)35)25(36)30-14-19)18-6-8-23-21(12-18)32-27(39-23)17-4-3-10-33(2)11-9-17/h6,8-9,12-14,16,22H,3-5,7,10-11,15H2,1-2H3,(H2,29,35)(H,30,36)(H,31,37)/t16-,22+/m0/s1. The molecule has 0 bridgehead atoms. The molecular formula is C28H32N6O4S. The smallest absolute Gasteiger partial charge is 0.313 e. The van der Waals surface area contributed by atoms with E-state index in [4.69, 9.17) is 10.7 Å². The lowest BCUT2D eigenvalue weighted by molar-refractivity contribution is -0.146. The van der Waals surface area contributed by atoms with Crippen molar-refractivity contribution in [1.29, 1.82) is 0 Å². The van der Waals surface area contributed by atoms with E-state index in [1.54, 1.807) is 16.2 Å². The minimum absolute atomic E-state index is 0.0944. The Morgan fingerprint density at radius 3 is 2.82 bits per heavy atom. The zero-order valence-corrected chi connectivity index (χ0v) is 22.8. The largest absolute Gasteiger partial charge is 0.493 e. The van der Waals surface area contributed by atoms with Crippen molar-refractivity contribution in [2.75, 3.05) is 32.0 Å². The molecule has 2 aliphatic rings. The molecule has 204 valence electrons. The first kappa shape index (κ1) is 26.8. The zero-order valence-electron chi connectivity index (χ0n) is 22.0. The lowest BCUT2D eigenvalue weighted by Gasteiger charge is -2.38. The lowest BCUT2D eigenvalue weighted by atomic mass is 9.89. The molecule has 0 radical (unpaired) electrons. The first-order chi connectivity index (χ1) is 18.7. The van der Waals surface area contributed by atoms with E-state index in [2.05, 4.69) is 41.3 Å². The molecule has 3 amide bonds. The SMILES string of the molecule is C[C@H]1CC[C@H](c2ccc3sc(C4=CCN(C)CCC4)nc3c2)N(C(=O)C(=O)Nc2cnc(O)c(C(N)=O)c2)C1. The number of hydrogen-bond acceptors (Lipinski definition) is 8. The van der Waals surface area contributed by atoms with Crippen LogP contribution < -0.4 is 11.1 Å². The summed E-state index contributed by atoms with van der Waals surface area (Å²) in [5.74, 6) is -2.72. The number of nitrogens with one attached hydrogen (secondary N) is 1. The molecule has 0 spiro atoms. The van der Waals surface area contributed by atoms with Crippen LogP contribution in [0.5, 0.6) is 5.88 Å². The van der Waals surface area contributed by atoms with Crippen molar-refractivity contribution in [1.82, 2.24) is 19.8 Å². The van der Waals surface area contributed by atoms with Crippen molar-refractivity contribution < 1.29 is 19.5 Å². The minimum atomic E-state index is -0.893. The van der Waals surface area contributed by atoms with Crippen LogP contribution in [0.15, 0.2) is 36.5 Å². The molecule has 2 aromatic heterocycles. The Hall–Kier alpha value is -3.83. The highest BCUT2D eigenvalue weighted by atomic mass is 32.1. The van der Waals surface area contributed by atoms with Gasteiger partial charge in [0.15, 0.2) is 0 Å². The van der Waals surface area contributed by atoms with Crippen molar-refractivity contribution in [2.45, 2.75) is 38.6 Å². The van der Waals surface area contributed by atoms with Gasteiger partial charge in [-0.1, -0.05) is 19.1 Å². The number of aromatic nitrogens is 2. The Labute approximate surface area is 230 Å². The molecule has 1 saturated heterocycles. The van der Waals surface area contributed by atoms with E-state index in [0.717, 1.165) is 59.6 Å². The number of amides is 3. The molecule has 3 aromatic rings. The quantitative estimate of drug-likeness (QED) is 0.423. The molecule has 1 aromatic carbocycles. The zero-order chi connectivity index (χ0) is 27.7. The normalized spacial score (nSPS) is 20.4. The number of rotatable bonds is 4. The molecule has 11 heteroatoms. The van der Waals surface area contributed by atoms with E-state index in [1.165, 1.54) is 17.8 Å². The van der Waals surface area contributed by atoms with E-state index in [1.807, 2.05) is 12.1 Å². The number of fused-ring (bicyclic) bond motifs is 1. The van der Waals surface area contributed by atoms with Gasteiger partial charge in [-0.3, -0.25) is 14.4 Å². The first-order valence-corrected chi connectivity index (χ1v) is 13.9. The van der Waals surface area contributed by atoms with Crippen molar-refractivity contribution in [2.24, 2.45) is 11.7 Å². The number of likely N-dealkylation sites (N-methyl/N-ethyl adjacent to an activating group) is 1.